The van der Waals surface area contributed by atoms with Crippen LogP contribution in [0.3, 0.4) is 0 Å². The topological polar surface area (TPSA) is 102 Å². The lowest BCUT2D eigenvalue weighted by molar-refractivity contribution is 0.0957. The third-order valence-corrected chi connectivity index (χ3v) is 6.43. The number of aromatic nitrogens is 1. The first-order valence-corrected chi connectivity index (χ1v) is 11.1. The van der Waals surface area contributed by atoms with Crippen LogP contribution in [0, 0.1) is 6.92 Å². The number of aryl methyl sites for hydroxylation is 1. The molecule has 0 spiro atoms. The molecule has 146 valence electrons. The molecule has 0 saturated heterocycles. The zero-order valence-electron chi connectivity index (χ0n) is 15.0. The van der Waals surface area contributed by atoms with Crippen molar-refractivity contribution in [3.05, 3.63) is 69.7 Å². The molecule has 0 aliphatic rings. The predicted octanol–water partition coefficient (Wildman–Crippen LogP) is 3.39. The summed E-state index contributed by atoms with van der Waals surface area (Å²) in [6.07, 6.45) is 0.568. The zero-order chi connectivity index (χ0) is 20.3. The molecule has 28 heavy (non-hydrogen) atoms. The molecular formula is C19H18ClN3O3S2. The Balaban J connectivity index is 1.61. The fraction of sp³-hybridized carbons (Fsp3) is 0.158. The maximum absolute atomic E-state index is 12.5. The fourth-order valence-electron chi connectivity index (χ4n) is 2.57. The molecule has 1 heterocycles. The van der Waals surface area contributed by atoms with E-state index in [0.29, 0.717) is 28.6 Å². The number of rotatable bonds is 6. The van der Waals surface area contributed by atoms with Gasteiger partial charge in [0.2, 0.25) is 10.0 Å². The summed E-state index contributed by atoms with van der Waals surface area (Å²) in [7, 11) is -3.70. The number of amides is 1. The number of carbonyl (C=O) groups excluding carboxylic acids is 1. The number of primary sulfonamides is 1. The van der Waals surface area contributed by atoms with Crippen molar-refractivity contribution in [2.75, 3.05) is 6.54 Å². The summed E-state index contributed by atoms with van der Waals surface area (Å²) >= 11 is 7.24. The standard InChI is InChI=1S/C19H18ClN3O3S2/c1-12-17(27-19(23-12)14-4-6-15(20)7-5-14)18(24)22-11-10-13-2-8-16(9-3-13)28(21,25)26/h2-9H,10-11H2,1H3,(H,22,24)(H2,21,25,26). The third-order valence-electron chi connectivity index (χ3n) is 4.05. The second kappa shape index (κ2) is 8.40. The fourth-order valence-corrected chi connectivity index (χ4v) is 4.20. The van der Waals surface area contributed by atoms with Gasteiger partial charge in [-0.05, 0) is 43.2 Å². The highest BCUT2D eigenvalue weighted by atomic mass is 35.5. The molecule has 0 aliphatic heterocycles. The highest BCUT2D eigenvalue weighted by molar-refractivity contribution is 7.89. The van der Waals surface area contributed by atoms with Crippen molar-refractivity contribution in [2.24, 2.45) is 5.14 Å². The van der Waals surface area contributed by atoms with E-state index >= 15 is 0 Å². The third kappa shape index (κ3) is 4.96. The molecular weight excluding hydrogens is 418 g/mol. The number of nitrogens with one attached hydrogen (secondary N) is 1. The number of sulfonamides is 1. The Hall–Kier alpha value is -2.26. The number of hydrogen-bond donors (Lipinski definition) is 2. The smallest absolute Gasteiger partial charge is 0.263 e. The first-order valence-electron chi connectivity index (χ1n) is 8.37. The zero-order valence-corrected chi connectivity index (χ0v) is 17.4. The Morgan fingerprint density at radius 3 is 2.39 bits per heavy atom. The van der Waals surface area contributed by atoms with E-state index < -0.39 is 10.0 Å². The minimum atomic E-state index is -3.70. The van der Waals surface area contributed by atoms with Crippen LogP contribution in [-0.2, 0) is 16.4 Å². The quantitative estimate of drug-likeness (QED) is 0.619. The number of halogens is 1. The SMILES string of the molecule is Cc1nc(-c2ccc(Cl)cc2)sc1C(=O)NCCc1ccc(S(N)(=O)=O)cc1. The molecule has 3 N–H and O–H groups in total. The van der Waals surface area contributed by atoms with Crippen LogP contribution in [0.2, 0.25) is 5.02 Å². The molecule has 9 heteroatoms. The monoisotopic (exact) mass is 435 g/mol. The highest BCUT2D eigenvalue weighted by Crippen LogP contribution is 2.28. The lowest BCUT2D eigenvalue weighted by Crippen LogP contribution is -2.25. The minimum Gasteiger partial charge on any atom is -0.351 e. The van der Waals surface area contributed by atoms with Gasteiger partial charge in [-0.2, -0.15) is 0 Å². The number of carbonyl (C=O) groups is 1. The summed E-state index contributed by atoms with van der Waals surface area (Å²) in [4.78, 5) is 17.6. The molecule has 0 atom stereocenters. The Bertz CT molecular complexity index is 1090. The first-order chi connectivity index (χ1) is 13.2. The van der Waals surface area contributed by atoms with Crippen LogP contribution in [0.4, 0.5) is 0 Å². The number of thiazole rings is 1. The maximum Gasteiger partial charge on any atom is 0.263 e. The lowest BCUT2D eigenvalue weighted by atomic mass is 10.1. The van der Waals surface area contributed by atoms with Crippen LogP contribution in [0.15, 0.2) is 53.4 Å². The van der Waals surface area contributed by atoms with Gasteiger partial charge >= 0.3 is 0 Å². The summed E-state index contributed by atoms with van der Waals surface area (Å²) in [6.45, 7) is 2.22. The van der Waals surface area contributed by atoms with Crippen molar-refractivity contribution < 1.29 is 13.2 Å². The van der Waals surface area contributed by atoms with Gasteiger partial charge in [-0.15, -0.1) is 11.3 Å². The molecule has 1 aromatic heterocycles. The molecule has 0 radical (unpaired) electrons. The van der Waals surface area contributed by atoms with E-state index in [1.807, 2.05) is 12.1 Å². The van der Waals surface area contributed by atoms with Crippen molar-refractivity contribution in [1.29, 1.82) is 0 Å². The van der Waals surface area contributed by atoms with Crippen molar-refractivity contribution in [3.63, 3.8) is 0 Å². The van der Waals surface area contributed by atoms with Crippen LogP contribution in [0.5, 0.6) is 0 Å². The molecule has 0 fully saturated rings. The summed E-state index contributed by atoms with van der Waals surface area (Å²) in [5.41, 5.74) is 2.48. The van der Waals surface area contributed by atoms with Gasteiger partial charge in [0, 0.05) is 17.1 Å². The predicted molar refractivity (Wildman–Crippen MR) is 111 cm³/mol. The van der Waals surface area contributed by atoms with E-state index in [9.17, 15) is 13.2 Å². The molecule has 6 nitrogen and oxygen atoms in total. The average Bonchev–Trinajstić information content (AvgIpc) is 3.04. The maximum atomic E-state index is 12.5. The molecule has 1 amide bonds. The summed E-state index contributed by atoms with van der Waals surface area (Å²) < 4.78 is 22.5. The van der Waals surface area contributed by atoms with Crippen LogP contribution < -0.4 is 10.5 Å². The molecule has 3 aromatic rings. The Morgan fingerprint density at radius 2 is 1.79 bits per heavy atom. The van der Waals surface area contributed by atoms with E-state index in [1.54, 1.807) is 31.2 Å². The lowest BCUT2D eigenvalue weighted by Gasteiger charge is -2.05. The Labute approximate surface area is 172 Å². The summed E-state index contributed by atoms with van der Waals surface area (Å²) in [5.74, 6) is -0.184. The average molecular weight is 436 g/mol. The van der Waals surface area contributed by atoms with Gasteiger partial charge in [-0.1, -0.05) is 35.9 Å². The Kier molecular flexibility index (Phi) is 6.14. The molecule has 0 bridgehead atoms. The second-order valence-corrected chi connectivity index (χ2v) is 9.13. The number of benzene rings is 2. The van der Waals surface area contributed by atoms with E-state index in [-0.39, 0.29) is 10.8 Å². The van der Waals surface area contributed by atoms with Crippen LogP contribution in [0.1, 0.15) is 20.9 Å². The van der Waals surface area contributed by atoms with Crippen molar-refractivity contribution in [3.8, 4) is 10.6 Å². The van der Waals surface area contributed by atoms with Gasteiger partial charge in [-0.3, -0.25) is 4.79 Å². The van der Waals surface area contributed by atoms with E-state index in [4.69, 9.17) is 16.7 Å². The summed E-state index contributed by atoms with van der Waals surface area (Å²) in [5, 5.41) is 9.36. The van der Waals surface area contributed by atoms with E-state index in [0.717, 1.165) is 16.1 Å². The molecule has 3 rings (SSSR count). The van der Waals surface area contributed by atoms with Crippen molar-refractivity contribution in [1.82, 2.24) is 10.3 Å². The number of nitrogens with zero attached hydrogens (tertiary/aromatic N) is 1. The van der Waals surface area contributed by atoms with Crippen LogP contribution in [0.25, 0.3) is 10.6 Å². The van der Waals surface area contributed by atoms with Gasteiger partial charge in [0.1, 0.15) is 9.88 Å². The number of hydrogen-bond acceptors (Lipinski definition) is 5. The normalized spacial score (nSPS) is 11.4. The van der Waals surface area contributed by atoms with Crippen molar-refractivity contribution in [2.45, 2.75) is 18.2 Å². The largest absolute Gasteiger partial charge is 0.351 e. The summed E-state index contributed by atoms with van der Waals surface area (Å²) in [6, 6.07) is 13.6. The molecule has 2 aromatic carbocycles. The number of nitrogens with two attached hydrogens (primary N) is 1. The van der Waals surface area contributed by atoms with Gasteiger partial charge in [0.25, 0.3) is 5.91 Å². The van der Waals surface area contributed by atoms with Gasteiger partial charge < -0.3 is 5.32 Å². The van der Waals surface area contributed by atoms with Gasteiger partial charge in [-0.25, -0.2) is 18.5 Å². The van der Waals surface area contributed by atoms with Crippen LogP contribution in [-0.4, -0.2) is 25.9 Å². The van der Waals surface area contributed by atoms with Gasteiger partial charge in [0.05, 0.1) is 10.6 Å². The molecule has 0 unspecified atom stereocenters. The van der Waals surface area contributed by atoms with Gasteiger partial charge in [0.15, 0.2) is 0 Å². The Morgan fingerprint density at radius 1 is 1.14 bits per heavy atom. The first kappa shape index (κ1) is 20.5. The van der Waals surface area contributed by atoms with Crippen LogP contribution >= 0.6 is 22.9 Å². The minimum absolute atomic E-state index is 0.0651. The van der Waals surface area contributed by atoms with Crippen molar-refractivity contribution >= 4 is 38.9 Å². The molecule has 0 aliphatic carbocycles. The van der Waals surface area contributed by atoms with E-state index in [1.165, 1.54) is 23.5 Å². The second-order valence-electron chi connectivity index (χ2n) is 6.14. The highest BCUT2D eigenvalue weighted by Gasteiger charge is 2.16. The molecule has 0 saturated carbocycles. The van der Waals surface area contributed by atoms with E-state index in [2.05, 4.69) is 10.3 Å².